The maximum Gasteiger partial charge on any atom is 0.0175 e. The van der Waals surface area contributed by atoms with Crippen LogP contribution in [0.2, 0.25) is 0 Å². The first kappa shape index (κ1) is 14.3. The van der Waals surface area contributed by atoms with Crippen LogP contribution < -0.4 is 5.32 Å². The minimum atomic E-state index is 1.04. The molecule has 0 aliphatic heterocycles. The third-order valence-electron chi connectivity index (χ3n) is 3.36. The lowest BCUT2D eigenvalue weighted by Crippen LogP contribution is -2.11. The van der Waals surface area contributed by atoms with Gasteiger partial charge in [-0.3, -0.25) is 0 Å². The second-order valence-electron chi connectivity index (χ2n) is 4.75. The first-order chi connectivity index (χ1) is 9.29. The summed E-state index contributed by atoms with van der Waals surface area (Å²) in [6, 6.07) is 17.4. The molecule has 0 saturated heterocycles. The third kappa shape index (κ3) is 4.48. The fourth-order valence-electron chi connectivity index (χ4n) is 2.24. The number of hydrogen-bond acceptors (Lipinski definition) is 1. The summed E-state index contributed by atoms with van der Waals surface area (Å²) in [5.74, 6) is 0. The number of likely N-dealkylation sites (N-methyl/N-ethyl adjacent to an activating group) is 1. The molecule has 0 amide bonds. The van der Waals surface area contributed by atoms with Gasteiger partial charge in [0, 0.05) is 4.47 Å². The molecular weight excluding hydrogens is 298 g/mol. The topological polar surface area (TPSA) is 12.0 Å². The average molecular weight is 318 g/mol. The Balaban J connectivity index is 2.00. The molecule has 0 heterocycles. The Morgan fingerprint density at radius 2 is 1.47 bits per heavy atom. The summed E-state index contributed by atoms with van der Waals surface area (Å²) in [4.78, 5) is 0. The van der Waals surface area contributed by atoms with Gasteiger partial charge in [-0.05, 0) is 61.7 Å². The molecule has 2 aromatic carbocycles. The fraction of sp³-hybridized carbons (Fsp3) is 0.294. The predicted molar refractivity (Wildman–Crippen MR) is 85.6 cm³/mol. The van der Waals surface area contributed by atoms with Crippen molar-refractivity contribution in [3.63, 3.8) is 0 Å². The molecule has 0 bridgehead atoms. The molecule has 0 aromatic heterocycles. The normalized spacial score (nSPS) is 10.6. The van der Waals surface area contributed by atoms with Gasteiger partial charge in [0.2, 0.25) is 0 Å². The van der Waals surface area contributed by atoms with Gasteiger partial charge in [-0.25, -0.2) is 0 Å². The van der Waals surface area contributed by atoms with Crippen LogP contribution in [0.5, 0.6) is 0 Å². The van der Waals surface area contributed by atoms with Crippen molar-refractivity contribution in [3.8, 4) is 0 Å². The molecule has 0 radical (unpaired) electrons. The number of halogens is 1. The lowest BCUT2D eigenvalue weighted by molar-refractivity contribution is 0.781. The van der Waals surface area contributed by atoms with Gasteiger partial charge in [0.05, 0.1) is 0 Å². The van der Waals surface area contributed by atoms with E-state index in [0.717, 1.165) is 30.3 Å². The van der Waals surface area contributed by atoms with Crippen molar-refractivity contribution in [3.05, 3.63) is 69.7 Å². The minimum absolute atomic E-state index is 1.04. The van der Waals surface area contributed by atoms with Crippen LogP contribution in [0.15, 0.2) is 53.0 Å². The molecule has 0 aliphatic carbocycles. The van der Waals surface area contributed by atoms with Gasteiger partial charge >= 0.3 is 0 Å². The highest BCUT2D eigenvalue weighted by Gasteiger charge is 2.02. The number of nitrogens with one attached hydrogen (secondary N) is 1. The van der Waals surface area contributed by atoms with Crippen molar-refractivity contribution in [1.29, 1.82) is 0 Å². The molecule has 100 valence electrons. The molecular formula is C17H20BrN. The lowest BCUT2D eigenvalue weighted by Gasteiger charge is -2.09. The Morgan fingerprint density at radius 1 is 0.842 bits per heavy atom. The smallest absolute Gasteiger partial charge is 0.0175 e. The van der Waals surface area contributed by atoms with Crippen molar-refractivity contribution in [2.45, 2.75) is 19.3 Å². The van der Waals surface area contributed by atoms with E-state index in [1.807, 2.05) is 7.05 Å². The summed E-state index contributed by atoms with van der Waals surface area (Å²) < 4.78 is 1.14. The Hall–Kier alpha value is -1.12. The summed E-state index contributed by atoms with van der Waals surface area (Å²) >= 11 is 3.47. The third-order valence-corrected chi connectivity index (χ3v) is 3.89. The summed E-state index contributed by atoms with van der Waals surface area (Å²) in [5.41, 5.74) is 4.33. The molecule has 1 nitrogen and oxygen atoms in total. The Bertz CT molecular complexity index is 505. The van der Waals surface area contributed by atoms with Gasteiger partial charge in [0.15, 0.2) is 0 Å². The van der Waals surface area contributed by atoms with Crippen molar-refractivity contribution >= 4 is 15.9 Å². The fourth-order valence-corrected chi connectivity index (χ4v) is 2.50. The maximum absolute atomic E-state index is 3.47. The van der Waals surface area contributed by atoms with E-state index < -0.39 is 0 Å². The van der Waals surface area contributed by atoms with E-state index in [4.69, 9.17) is 0 Å². The van der Waals surface area contributed by atoms with Crippen LogP contribution in [0.25, 0.3) is 0 Å². The van der Waals surface area contributed by atoms with Crippen molar-refractivity contribution in [2.24, 2.45) is 0 Å². The molecule has 0 spiro atoms. The monoisotopic (exact) mass is 317 g/mol. The van der Waals surface area contributed by atoms with Crippen LogP contribution in [0.3, 0.4) is 0 Å². The van der Waals surface area contributed by atoms with E-state index in [1.165, 1.54) is 16.7 Å². The molecule has 0 aliphatic rings. The summed E-state index contributed by atoms with van der Waals surface area (Å²) in [7, 11) is 2.00. The van der Waals surface area contributed by atoms with Crippen molar-refractivity contribution < 1.29 is 0 Å². The van der Waals surface area contributed by atoms with E-state index in [9.17, 15) is 0 Å². The van der Waals surface area contributed by atoms with Gasteiger partial charge in [-0.1, -0.05) is 52.3 Å². The standard InChI is InChI=1S/C17H20BrN/c1-19-13-12-16-5-3-2-4-15(16)9-6-14-7-10-17(18)11-8-14/h2-5,7-8,10-11,19H,6,9,12-13H2,1H3. The lowest BCUT2D eigenvalue weighted by atomic mass is 9.98. The van der Waals surface area contributed by atoms with Crippen LogP contribution in [0, 0.1) is 0 Å². The molecule has 19 heavy (non-hydrogen) atoms. The maximum atomic E-state index is 3.47. The SMILES string of the molecule is CNCCc1ccccc1CCc1ccc(Br)cc1. The average Bonchev–Trinajstić information content (AvgIpc) is 2.45. The highest BCUT2D eigenvalue weighted by Crippen LogP contribution is 2.15. The van der Waals surface area contributed by atoms with E-state index >= 15 is 0 Å². The highest BCUT2D eigenvalue weighted by molar-refractivity contribution is 9.10. The zero-order valence-corrected chi connectivity index (χ0v) is 12.9. The number of hydrogen-bond donors (Lipinski definition) is 1. The predicted octanol–water partition coefficient (Wildman–Crippen LogP) is 4.00. The minimum Gasteiger partial charge on any atom is -0.319 e. The molecule has 0 unspecified atom stereocenters. The Morgan fingerprint density at radius 3 is 2.11 bits per heavy atom. The zero-order chi connectivity index (χ0) is 13.5. The first-order valence-corrected chi connectivity index (χ1v) is 7.54. The summed E-state index contributed by atoms with van der Waals surface area (Å²) in [6.07, 6.45) is 3.32. The van der Waals surface area contributed by atoms with Crippen LogP contribution in [-0.2, 0) is 19.3 Å². The van der Waals surface area contributed by atoms with Gasteiger partial charge < -0.3 is 5.32 Å². The van der Waals surface area contributed by atoms with Crippen LogP contribution >= 0.6 is 15.9 Å². The van der Waals surface area contributed by atoms with Crippen molar-refractivity contribution in [1.82, 2.24) is 5.32 Å². The number of aryl methyl sites for hydroxylation is 2. The van der Waals surface area contributed by atoms with E-state index in [-0.39, 0.29) is 0 Å². The number of rotatable bonds is 6. The summed E-state index contributed by atoms with van der Waals surface area (Å²) in [5, 5.41) is 3.22. The Labute approximate surface area is 124 Å². The molecule has 0 atom stereocenters. The van der Waals surface area contributed by atoms with Crippen LogP contribution in [0.4, 0.5) is 0 Å². The highest BCUT2D eigenvalue weighted by atomic mass is 79.9. The van der Waals surface area contributed by atoms with Gasteiger partial charge in [-0.15, -0.1) is 0 Å². The van der Waals surface area contributed by atoms with E-state index in [2.05, 4.69) is 69.8 Å². The molecule has 1 N–H and O–H groups in total. The summed E-state index contributed by atoms with van der Waals surface area (Å²) in [6.45, 7) is 1.04. The van der Waals surface area contributed by atoms with Crippen molar-refractivity contribution in [2.75, 3.05) is 13.6 Å². The Kier molecular flexibility index (Phi) is 5.62. The molecule has 2 aromatic rings. The second kappa shape index (κ2) is 7.46. The van der Waals surface area contributed by atoms with Gasteiger partial charge in [0.25, 0.3) is 0 Å². The second-order valence-corrected chi connectivity index (χ2v) is 5.66. The van der Waals surface area contributed by atoms with Gasteiger partial charge in [0.1, 0.15) is 0 Å². The molecule has 2 heteroatoms. The van der Waals surface area contributed by atoms with E-state index in [1.54, 1.807) is 0 Å². The van der Waals surface area contributed by atoms with Crippen LogP contribution in [0.1, 0.15) is 16.7 Å². The molecule has 2 rings (SSSR count). The number of benzene rings is 2. The largest absolute Gasteiger partial charge is 0.319 e. The van der Waals surface area contributed by atoms with Crippen LogP contribution in [-0.4, -0.2) is 13.6 Å². The zero-order valence-electron chi connectivity index (χ0n) is 11.3. The quantitative estimate of drug-likeness (QED) is 0.849. The van der Waals surface area contributed by atoms with Gasteiger partial charge in [-0.2, -0.15) is 0 Å². The molecule has 0 saturated carbocycles. The first-order valence-electron chi connectivity index (χ1n) is 6.75. The molecule has 0 fully saturated rings. The van der Waals surface area contributed by atoms with E-state index in [0.29, 0.717) is 0 Å².